The summed E-state index contributed by atoms with van der Waals surface area (Å²) in [5.74, 6) is -0.00305. The Labute approximate surface area is 95.7 Å². The smallest absolute Gasteiger partial charge is 0.320 e. The molecule has 0 aliphatic heterocycles. The molecular weight excluding hydrogens is 206 g/mol. The van der Waals surface area contributed by atoms with E-state index >= 15 is 0 Å². The number of nitrogens with one attached hydrogen (secondary N) is 1. The van der Waals surface area contributed by atoms with Crippen molar-refractivity contribution in [1.82, 2.24) is 5.32 Å². The molecule has 0 spiro atoms. The molecule has 2 unspecified atom stereocenters. The van der Waals surface area contributed by atoms with Crippen LogP contribution in [0.4, 0.5) is 0 Å². The van der Waals surface area contributed by atoms with Gasteiger partial charge >= 0.3 is 5.97 Å². The van der Waals surface area contributed by atoms with E-state index in [1.54, 1.807) is 6.26 Å². The lowest BCUT2D eigenvalue weighted by Gasteiger charge is -2.20. The third kappa shape index (κ3) is 3.38. The van der Waals surface area contributed by atoms with Crippen molar-refractivity contribution in [3.8, 4) is 0 Å². The van der Waals surface area contributed by atoms with E-state index in [-0.39, 0.29) is 6.04 Å². The van der Waals surface area contributed by atoms with Gasteiger partial charge in [0.25, 0.3) is 0 Å². The van der Waals surface area contributed by atoms with E-state index in [9.17, 15) is 4.79 Å². The lowest BCUT2D eigenvalue weighted by atomic mass is 10.1. The first-order valence-corrected chi connectivity index (χ1v) is 5.71. The molecule has 4 nitrogen and oxygen atoms in total. The minimum Gasteiger partial charge on any atom is -0.480 e. The molecule has 0 bridgehead atoms. The van der Waals surface area contributed by atoms with Crippen molar-refractivity contribution in [3.63, 3.8) is 0 Å². The highest BCUT2D eigenvalue weighted by molar-refractivity contribution is 5.73. The van der Waals surface area contributed by atoms with Crippen LogP contribution in [0.3, 0.4) is 0 Å². The molecule has 90 valence electrons. The summed E-state index contributed by atoms with van der Waals surface area (Å²) in [6.45, 7) is 3.98. The summed E-state index contributed by atoms with van der Waals surface area (Å²) in [7, 11) is 0. The van der Waals surface area contributed by atoms with E-state index in [0.717, 1.165) is 18.6 Å². The van der Waals surface area contributed by atoms with Crippen molar-refractivity contribution in [3.05, 3.63) is 24.2 Å². The minimum absolute atomic E-state index is 0.0253. The number of hydrogen-bond donors (Lipinski definition) is 2. The van der Waals surface area contributed by atoms with Gasteiger partial charge in [0.15, 0.2) is 0 Å². The Bertz CT molecular complexity index is 308. The Morgan fingerprint density at radius 2 is 2.31 bits per heavy atom. The summed E-state index contributed by atoms with van der Waals surface area (Å²) in [6, 6.07) is 3.16. The van der Waals surface area contributed by atoms with Gasteiger partial charge in [-0.25, -0.2) is 0 Å². The molecule has 0 radical (unpaired) electrons. The van der Waals surface area contributed by atoms with Gasteiger partial charge in [0.05, 0.1) is 12.3 Å². The summed E-state index contributed by atoms with van der Waals surface area (Å²) >= 11 is 0. The molecule has 16 heavy (non-hydrogen) atoms. The highest BCUT2D eigenvalue weighted by atomic mass is 16.4. The molecule has 1 aromatic rings. The van der Waals surface area contributed by atoms with Gasteiger partial charge in [-0.1, -0.05) is 20.3 Å². The molecule has 0 saturated heterocycles. The second-order valence-electron chi connectivity index (χ2n) is 3.82. The van der Waals surface area contributed by atoms with Crippen LogP contribution < -0.4 is 5.32 Å². The molecule has 0 fully saturated rings. The van der Waals surface area contributed by atoms with Gasteiger partial charge in [0.1, 0.15) is 11.8 Å². The monoisotopic (exact) mass is 225 g/mol. The van der Waals surface area contributed by atoms with Crippen LogP contribution in [0.15, 0.2) is 22.8 Å². The average Bonchev–Trinajstić information content (AvgIpc) is 2.77. The Hall–Kier alpha value is -1.29. The van der Waals surface area contributed by atoms with Crippen LogP contribution in [0.2, 0.25) is 0 Å². The minimum atomic E-state index is -0.799. The Morgan fingerprint density at radius 3 is 2.75 bits per heavy atom. The second-order valence-corrected chi connectivity index (χ2v) is 3.82. The average molecular weight is 225 g/mol. The molecule has 0 aliphatic carbocycles. The molecule has 1 rings (SSSR count). The summed E-state index contributed by atoms with van der Waals surface area (Å²) in [4.78, 5) is 11.0. The largest absolute Gasteiger partial charge is 0.480 e. The zero-order valence-electron chi connectivity index (χ0n) is 9.77. The quantitative estimate of drug-likeness (QED) is 0.748. The molecule has 4 heteroatoms. The standard InChI is InChI=1S/C12H19NO3/c1-3-6-10(12(14)15)13-9(4-2)11-7-5-8-16-11/h5,7-10,13H,3-4,6H2,1-2H3,(H,14,15). The van der Waals surface area contributed by atoms with E-state index in [0.29, 0.717) is 6.42 Å². The fourth-order valence-corrected chi connectivity index (χ4v) is 1.70. The number of furan rings is 1. The Kier molecular flexibility index (Phi) is 5.05. The fraction of sp³-hybridized carbons (Fsp3) is 0.583. The number of hydrogen-bond acceptors (Lipinski definition) is 3. The summed E-state index contributed by atoms with van der Waals surface area (Å²) in [5.41, 5.74) is 0. The van der Waals surface area contributed by atoms with Gasteiger partial charge in [0, 0.05) is 0 Å². The Morgan fingerprint density at radius 1 is 1.56 bits per heavy atom. The number of carboxylic acids is 1. The van der Waals surface area contributed by atoms with Gasteiger partial charge in [-0.15, -0.1) is 0 Å². The van der Waals surface area contributed by atoms with Crippen molar-refractivity contribution >= 4 is 5.97 Å². The molecule has 0 amide bonds. The molecule has 2 N–H and O–H groups in total. The lowest BCUT2D eigenvalue weighted by molar-refractivity contribution is -0.140. The molecule has 0 saturated carbocycles. The third-order valence-electron chi connectivity index (χ3n) is 2.57. The number of rotatable bonds is 7. The zero-order valence-corrected chi connectivity index (χ0v) is 9.77. The fourth-order valence-electron chi connectivity index (χ4n) is 1.70. The molecule has 2 atom stereocenters. The lowest BCUT2D eigenvalue weighted by Crippen LogP contribution is -2.38. The van der Waals surface area contributed by atoms with E-state index in [1.807, 2.05) is 26.0 Å². The topological polar surface area (TPSA) is 62.5 Å². The highest BCUT2D eigenvalue weighted by Crippen LogP contribution is 2.18. The SMILES string of the molecule is CCCC(NC(CC)c1ccco1)C(=O)O. The number of aliphatic carboxylic acids is 1. The molecule has 0 aromatic carbocycles. The van der Waals surface area contributed by atoms with Crippen LogP contribution in [0, 0.1) is 0 Å². The third-order valence-corrected chi connectivity index (χ3v) is 2.57. The Balaban J connectivity index is 2.64. The second kappa shape index (κ2) is 6.33. The predicted molar refractivity (Wildman–Crippen MR) is 61.2 cm³/mol. The molecule has 1 heterocycles. The predicted octanol–water partition coefficient (Wildman–Crippen LogP) is 2.57. The van der Waals surface area contributed by atoms with Crippen LogP contribution in [0.25, 0.3) is 0 Å². The van der Waals surface area contributed by atoms with E-state index in [4.69, 9.17) is 9.52 Å². The van der Waals surface area contributed by atoms with Gasteiger partial charge < -0.3 is 9.52 Å². The van der Waals surface area contributed by atoms with Crippen LogP contribution >= 0.6 is 0 Å². The van der Waals surface area contributed by atoms with Crippen LogP contribution in [0.1, 0.15) is 44.9 Å². The van der Waals surface area contributed by atoms with Gasteiger partial charge in [-0.05, 0) is 25.0 Å². The van der Waals surface area contributed by atoms with Gasteiger partial charge in [-0.2, -0.15) is 0 Å². The highest BCUT2D eigenvalue weighted by Gasteiger charge is 2.21. The van der Waals surface area contributed by atoms with Crippen LogP contribution in [-0.4, -0.2) is 17.1 Å². The molecular formula is C12H19NO3. The van der Waals surface area contributed by atoms with Crippen molar-refractivity contribution in [2.45, 2.75) is 45.2 Å². The maximum Gasteiger partial charge on any atom is 0.320 e. The normalized spacial score (nSPS) is 14.6. The summed E-state index contributed by atoms with van der Waals surface area (Å²) in [6.07, 6.45) is 3.89. The maximum absolute atomic E-state index is 11.0. The maximum atomic E-state index is 11.0. The van der Waals surface area contributed by atoms with Crippen LogP contribution in [-0.2, 0) is 4.79 Å². The summed E-state index contributed by atoms with van der Waals surface area (Å²) < 4.78 is 5.29. The molecule has 0 aliphatic rings. The summed E-state index contributed by atoms with van der Waals surface area (Å²) in [5, 5.41) is 12.2. The van der Waals surface area contributed by atoms with Gasteiger partial charge in [0.2, 0.25) is 0 Å². The van der Waals surface area contributed by atoms with E-state index < -0.39 is 12.0 Å². The van der Waals surface area contributed by atoms with Gasteiger partial charge in [-0.3, -0.25) is 10.1 Å². The van der Waals surface area contributed by atoms with Crippen molar-refractivity contribution < 1.29 is 14.3 Å². The van der Waals surface area contributed by atoms with E-state index in [1.165, 1.54) is 0 Å². The van der Waals surface area contributed by atoms with Crippen molar-refractivity contribution in [2.75, 3.05) is 0 Å². The zero-order chi connectivity index (χ0) is 12.0. The number of carboxylic acid groups (broad SMARTS) is 1. The first-order valence-electron chi connectivity index (χ1n) is 5.71. The first kappa shape index (κ1) is 12.8. The van der Waals surface area contributed by atoms with E-state index in [2.05, 4.69) is 5.32 Å². The van der Waals surface area contributed by atoms with Crippen molar-refractivity contribution in [2.24, 2.45) is 0 Å². The molecule has 1 aromatic heterocycles. The first-order chi connectivity index (χ1) is 7.69. The number of carbonyl (C=O) groups is 1. The van der Waals surface area contributed by atoms with Crippen LogP contribution in [0.5, 0.6) is 0 Å². The van der Waals surface area contributed by atoms with Crippen molar-refractivity contribution in [1.29, 1.82) is 0 Å².